The minimum Gasteiger partial charge on any atom is -0.478 e. The van der Waals surface area contributed by atoms with Crippen LogP contribution in [0.25, 0.3) is 11.1 Å². The van der Waals surface area contributed by atoms with Gasteiger partial charge in [-0.25, -0.2) is 4.79 Å². The number of benzene rings is 1. The molecule has 0 radical (unpaired) electrons. The molecule has 106 valence electrons. The van der Waals surface area contributed by atoms with Crippen molar-refractivity contribution in [3.63, 3.8) is 0 Å². The van der Waals surface area contributed by atoms with E-state index in [1.54, 1.807) is 11.6 Å². The topological polar surface area (TPSA) is 71.3 Å². The third-order valence-corrected chi connectivity index (χ3v) is 3.99. The number of carboxylic acid groups (broad SMARTS) is 1. The van der Waals surface area contributed by atoms with E-state index in [4.69, 9.17) is 0 Å². The first kappa shape index (κ1) is 14.8. The summed E-state index contributed by atoms with van der Waals surface area (Å²) in [7, 11) is 0. The third-order valence-electron chi connectivity index (χ3n) is 3.10. The van der Waals surface area contributed by atoms with Gasteiger partial charge in [0.2, 0.25) is 0 Å². The predicted molar refractivity (Wildman–Crippen MR) is 86.3 cm³/mol. The lowest BCUT2D eigenvalue weighted by atomic mass is 9.98. The monoisotopic (exact) mass is 386 g/mol. The van der Waals surface area contributed by atoms with Crippen LogP contribution in [0.5, 0.6) is 0 Å². The first-order valence-electron chi connectivity index (χ1n) is 6.28. The molecular weight excluding hydrogens is 371 g/mol. The summed E-state index contributed by atoms with van der Waals surface area (Å²) in [5.41, 5.74) is 4.99. The minimum atomic E-state index is -1.03. The second-order valence-corrected chi connectivity index (χ2v) is 5.70. The Morgan fingerprint density at radius 2 is 2.10 bits per heavy atom. The molecule has 0 spiro atoms. The normalized spacial score (nSPS) is 10.8. The Hall–Kier alpha value is -1.57. The summed E-state index contributed by atoms with van der Waals surface area (Å²) < 4.78 is 2.47. The van der Waals surface area contributed by atoms with Crippen LogP contribution < -0.4 is 10.9 Å². The van der Waals surface area contributed by atoms with Crippen molar-refractivity contribution in [1.82, 2.24) is 4.68 Å². The molecule has 0 unspecified atom stereocenters. The Balaban J connectivity index is 2.79. The van der Waals surface area contributed by atoms with E-state index in [9.17, 15) is 14.7 Å². The van der Waals surface area contributed by atoms with E-state index in [1.807, 2.05) is 13.1 Å². The lowest BCUT2D eigenvalue weighted by Gasteiger charge is -2.20. The van der Waals surface area contributed by atoms with Crippen LogP contribution in [0, 0.1) is 10.5 Å². The molecule has 0 amide bonds. The number of nitrogens with one attached hydrogen (secondary N) is 1. The highest BCUT2D eigenvalue weighted by Gasteiger charge is 2.21. The van der Waals surface area contributed by atoms with Gasteiger partial charge in [0.05, 0.1) is 11.3 Å². The first-order chi connectivity index (χ1) is 9.45. The molecule has 2 N–H and O–H groups in total. The van der Waals surface area contributed by atoms with Crippen LogP contribution in [0.2, 0.25) is 0 Å². The summed E-state index contributed by atoms with van der Waals surface area (Å²) in [6, 6.07) is 2.89. The van der Waals surface area contributed by atoms with Crippen molar-refractivity contribution >= 4 is 28.6 Å². The molecule has 0 aromatic rings. The van der Waals surface area contributed by atoms with Gasteiger partial charge in [-0.3, -0.25) is 9.47 Å². The number of aromatic carboxylic acids is 1. The predicted octanol–water partition coefficient (Wildman–Crippen LogP) is 2.52. The molecule has 20 heavy (non-hydrogen) atoms. The van der Waals surface area contributed by atoms with E-state index in [0.717, 1.165) is 22.1 Å². The van der Waals surface area contributed by atoms with Gasteiger partial charge in [-0.1, -0.05) is 6.92 Å². The Morgan fingerprint density at radius 3 is 2.70 bits per heavy atom. The van der Waals surface area contributed by atoms with Crippen LogP contribution in [0.4, 0.5) is 0 Å². The van der Waals surface area contributed by atoms with E-state index in [-0.39, 0.29) is 11.0 Å². The van der Waals surface area contributed by atoms with Crippen molar-refractivity contribution in [1.29, 1.82) is 0 Å². The van der Waals surface area contributed by atoms with Gasteiger partial charge in [0, 0.05) is 27.4 Å². The number of rotatable bonds is 4. The molecule has 6 heteroatoms. The van der Waals surface area contributed by atoms with Gasteiger partial charge in [-0.05, 0) is 48.1 Å². The third kappa shape index (κ3) is 2.65. The summed E-state index contributed by atoms with van der Waals surface area (Å²) in [5, 5.41) is 9.45. The fourth-order valence-corrected chi connectivity index (χ4v) is 2.88. The number of halogens is 1. The minimum absolute atomic E-state index is 0.168. The zero-order valence-electron chi connectivity index (χ0n) is 11.2. The maximum Gasteiger partial charge on any atom is 0.338 e. The number of carbonyl (C=O) groups is 1. The number of aromatic nitrogens is 1. The van der Waals surface area contributed by atoms with Crippen LogP contribution >= 0.6 is 22.6 Å². The van der Waals surface area contributed by atoms with Crippen LogP contribution in [-0.4, -0.2) is 22.3 Å². The number of nitrogens with zero attached hydrogens (tertiary/aromatic N) is 1. The van der Waals surface area contributed by atoms with Crippen LogP contribution in [0.1, 0.15) is 29.4 Å². The largest absolute Gasteiger partial charge is 0.478 e. The van der Waals surface area contributed by atoms with Gasteiger partial charge in [0.1, 0.15) is 0 Å². The molecule has 0 bridgehead atoms. The first-order valence-corrected chi connectivity index (χ1v) is 7.36. The smallest absolute Gasteiger partial charge is 0.338 e. The average molecular weight is 386 g/mol. The lowest BCUT2D eigenvalue weighted by Crippen LogP contribution is -2.23. The summed E-state index contributed by atoms with van der Waals surface area (Å²) in [6.45, 7) is 4.51. The van der Waals surface area contributed by atoms with Crippen LogP contribution in [-0.2, 0) is 0 Å². The number of hydrogen-bond donors (Lipinski definition) is 2. The van der Waals surface area contributed by atoms with Crippen LogP contribution in [0.3, 0.4) is 0 Å². The maximum atomic E-state index is 11.6. The molecule has 0 aromatic heterocycles. The van der Waals surface area contributed by atoms with Crippen molar-refractivity contribution in [2.24, 2.45) is 0 Å². The Kier molecular flexibility index (Phi) is 4.32. The van der Waals surface area contributed by atoms with Gasteiger partial charge in [0.15, 0.2) is 5.43 Å². The zero-order valence-corrected chi connectivity index (χ0v) is 13.4. The molecule has 0 saturated heterocycles. The van der Waals surface area contributed by atoms with Crippen LogP contribution in [0.15, 0.2) is 23.1 Å². The highest BCUT2D eigenvalue weighted by Crippen LogP contribution is 2.30. The maximum absolute atomic E-state index is 11.6. The van der Waals surface area contributed by atoms with Crippen molar-refractivity contribution in [3.8, 4) is 11.1 Å². The van der Waals surface area contributed by atoms with E-state index in [0.29, 0.717) is 11.3 Å². The molecule has 1 heterocycles. The highest BCUT2D eigenvalue weighted by molar-refractivity contribution is 14.1. The summed E-state index contributed by atoms with van der Waals surface area (Å²) >= 11 is 2.06. The molecule has 2 rings (SSSR count). The van der Waals surface area contributed by atoms with Gasteiger partial charge in [-0.2, -0.15) is 0 Å². The quantitative estimate of drug-likeness (QED) is 0.793. The lowest BCUT2D eigenvalue weighted by molar-refractivity contribution is 0.0696. The van der Waals surface area contributed by atoms with Gasteiger partial charge in [-0.15, -0.1) is 0 Å². The standard InChI is InChI=1S/C14H15IN2O3/c1-3-4-16-17-7-11-10(5-9(18)6-12(11)15)13(8(17)2)14(19)20/h5-7,16H,3-4H2,1-2H3,(H,19,20). The molecule has 0 fully saturated rings. The van der Waals surface area contributed by atoms with E-state index in [1.165, 1.54) is 12.1 Å². The highest BCUT2D eigenvalue weighted by atomic mass is 127. The number of fused-ring (bicyclic) bond motifs is 1. The van der Waals surface area contributed by atoms with Crippen molar-refractivity contribution < 1.29 is 9.90 Å². The molecule has 2 aliphatic rings. The Labute approximate surface area is 130 Å². The van der Waals surface area contributed by atoms with Gasteiger partial charge >= 0.3 is 5.97 Å². The SMILES string of the molecule is CCCNn1cc2c(I)cc(=O)cc-2c(C(=O)O)c1C. The van der Waals surface area contributed by atoms with E-state index < -0.39 is 5.97 Å². The molecule has 0 aromatic carbocycles. The van der Waals surface area contributed by atoms with E-state index >= 15 is 0 Å². The molecule has 5 nitrogen and oxygen atoms in total. The number of pyridine rings is 1. The fourth-order valence-electron chi connectivity index (χ4n) is 2.14. The van der Waals surface area contributed by atoms with Crippen molar-refractivity contribution in [3.05, 3.63) is 43.4 Å². The Bertz CT molecular complexity index is 694. The number of carboxylic acids is 1. The molecule has 1 aliphatic carbocycles. The van der Waals surface area contributed by atoms with Gasteiger partial charge in [0.25, 0.3) is 0 Å². The molecule has 0 atom stereocenters. The summed E-state index contributed by atoms with van der Waals surface area (Å²) in [5.74, 6) is -1.03. The zero-order chi connectivity index (χ0) is 14.9. The average Bonchev–Trinajstić information content (AvgIpc) is 2.36. The second-order valence-electron chi connectivity index (χ2n) is 4.54. The summed E-state index contributed by atoms with van der Waals surface area (Å²) in [6.07, 6.45) is 2.78. The van der Waals surface area contributed by atoms with Gasteiger partial charge < -0.3 is 10.5 Å². The summed E-state index contributed by atoms with van der Waals surface area (Å²) in [4.78, 5) is 23.2. The number of hydrogen-bond acceptors (Lipinski definition) is 3. The molecule has 0 saturated carbocycles. The van der Waals surface area contributed by atoms with Crippen molar-refractivity contribution in [2.75, 3.05) is 12.0 Å². The molecule has 1 aliphatic heterocycles. The van der Waals surface area contributed by atoms with E-state index in [2.05, 4.69) is 28.0 Å². The Morgan fingerprint density at radius 1 is 1.40 bits per heavy atom. The fraction of sp³-hybridized carbons (Fsp3) is 0.286. The molecular formula is C14H15IN2O3. The second kappa shape index (κ2) is 5.82. The van der Waals surface area contributed by atoms with Crippen molar-refractivity contribution in [2.45, 2.75) is 20.3 Å².